The number of hydrogen-bond acceptors (Lipinski definition) is 7. The first-order chi connectivity index (χ1) is 12.5. The zero-order chi connectivity index (χ0) is 18.7. The summed E-state index contributed by atoms with van der Waals surface area (Å²) in [6.07, 6.45) is -0.229. The van der Waals surface area contributed by atoms with Gasteiger partial charge in [-0.3, -0.25) is 0 Å². The minimum Gasteiger partial charge on any atom is -0.493 e. The van der Waals surface area contributed by atoms with Gasteiger partial charge >= 0.3 is 0 Å². The molecule has 0 amide bonds. The maximum Gasteiger partial charge on any atom is 0.224 e. The van der Waals surface area contributed by atoms with Crippen LogP contribution in [-0.2, 0) is 6.54 Å². The molecule has 2 atom stereocenters. The Hall–Kier alpha value is -2.48. The number of nitrogens with zero attached hydrogens (tertiary/aromatic N) is 4. The Morgan fingerprint density at radius 2 is 2.00 bits per heavy atom. The van der Waals surface area contributed by atoms with Crippen LogP contribution in [0.2, 0.25) is 0 Å². The molecule has 3 rings (SSSR count). The maximum absolute atomic E-state index is 10.6. The average Bonchev–Trinajstić information content (AvgIpc) is 3.04. The van der Waals surface area contributed by atoms with E-state index in [0.29, 0.717) is 30.2 Å². The molecule has 142 valence electrons. The van der Waals surface area contributed by atoms with Gasteiger partial charge in [-0.2, -0.15) is 10.1 Å². The van der Waals surface area contributed by atoms with Crippen LogP contribution in [0.5, 0.6) is 17.2 Å². The topological polar surface area (TPSA) is 81.9 Å². The van der Waals surface area contributed by atoms with Crippen LogP contribution in [0.3, 0.4) is 0 Å². The summed E-state index contributed by atoms with van der Waals surface area (Å²) in [5.41, 5.74) is 0. The Labute approximate surface area is 153 Å². The summed E-state index contributed by atoms with van der Waals surface area (Å²) in [5.74, 6) is 3.43. The first-order valence-corrected chi connectivity index (χ1v) is 8.78. The Kier molecular flexibility index (Phi) is 5.51. The van der Waals surface area contributed by atoms with Gasteiger partial charge in [0.05, 0.1) is 20.8 Å². The van der Waals surface area contributed by atoms with E-state index in [1.54, 1.807) is 26.4 Å². The van der Waals surface area contributed by atoms with E-state index in [4.69, 9.17) is 14.2 Å². The lowest BCUT2D eigenvalue weighted by Crippen LogP contribution is -2.49. The van der Waals surface area contributed by atoms with E-state index < -0.39 is 6.10 Å². The van der Waals surface area contributed by atoms with Crippen molar-refractivity contribution in [3.63, 3.8) is 0 Å². The molecule has 2 aromatic rings. The van der Waals surface area contributed by atoms with Crippen LogP contribution in [0.15, 0.2) is 18.2 Å². The highest BCUT2D eigenvalue weighted by molar-refractivity contribution is 5.45. The van der Waals surface area contributed by atoms with Crippen LogP contribution in [0.25, 0.3) is 0 Å². The van der Waals surface area contributed by atoms with Crippen molar-refractivity contribution in [1.82, 2.24) is 14.8 Å². The maximum atomic E-state index is 10.6. The van der Waals surface area contributed by atoms with Crippen molar-refractivity contribution >= 4 is 5.95 Å². The smallest absolute Gasteiger partial charge is 0.224 e. The number of ether oxygens (including phenoxy) is 3. The number of piperidine rings is 1. The number of aliphatic hydroxyl groups excluding tert-OH is 1. The minimum atomic E-state index is -0.626. The minimum absolute atomic E-state index is 0.288. The number of β-amino-alcohol motifs (C(OH)–C–C–N with tert-alkyl or cyclic N) is 1. The quantitative estimate of drug-likeness (QED) is 0.836. The summed E-state index contributed by atoms with van der Waals surface area (Å²) in [4.78, 5) is 6.54. The zero-order valence-electron chi connectivity index (χ0n) is 15.7. The van der Waals surface area contributed by atoms with Gasteiger partial charge in [-0.1, -0.05) is 0 Å². The zero-order valence-corrected chi connectivity index (χ0v) is 15.7. The molecular weight excluding hydrogens is 336 g/mol. The molecule has 0 unspecified atom stereocenters. The molecule has 0 aliphatic carbocycles. The number of aliphatic hydroxyl groups is 1. The van der Waals surface area contributed by atoms with Gasteiger partial charge in [-0.25, -0.2) is 4.68 Å². The van der Waals surface area contributed by atoms with E-state index in [1.165, 1.54) is 0 Å². The van der Waals surface area contributed by atoms with Gasteiger partial charge < -0.3 is 24.2 Å². The Morgan fingerprint density at radius 1 is 1.23 bits per heavy atom. The molecule has 0 bridgehead atoms. The first-order valence-electron chi connectivity index (χ1n) is 8.78. The summed E-state index contributed by atoms with van der Waals surface area (Å²) < 4.78 is 18.4. The molecule has 1 aromatic carbocycles. The number of hydrogen-bond donors (Lipinski definition) is 1. The summed E-state index contributed by atoms with van der Waals surface area (Å²) in [6, 6.07) is 5.38. The molecule has 1 N–H and O–H groups in total. The molecule has 1 aliphatic heterocycles. The summed E-state index contributed by atoms with van der Waals surface area (Å²) in [7, 11) is 3.18. The van der Waals surface area contributed by atoms with Crippen molar-refractivity contribution < 1.29 is 19.3 Å². The van der Waals surface area contributed by atoms with Crippen molar-refractivity contribution in [3.8, 4) is 17.2 Å². The molecule has 1 aliphatic rings. The lowest BCUT2D eigenvalue weighted by atomic mass is 10.1. The van der Waals surface area contributed by atoms with Crippen LogP contribution >= 0.6 is 0 Å². The molecule has 26 heavy (non-hydrogen) atoms. The molecule has 0 radical (unpaired) electrons. The lowest BCUT2D eigenvalue weighted by molar-refractivity contribution is 0.0235. The summed E-state index contributed by atoms with van der Waals surface area (Å²) in [5, 5.41) is 15.0. The Balaban J connectivity index is 1.67. The highest BCUT2D eigenvalue weighted by atomic mass is 16.5. The molecular formula is C18H26N4O4. The molecule has 2 heterocycles. The number of methoxy groups -OCH3 is 2. The second-order valence-corrected chi connectivity index (χ2v) is 6.25. The fourth-order valence-electron chi connectivity index (χ4n) is 3.18. The first kappa shape index (κ1) is 18.3. The number of benzene rings is 1. The highest BCUT2D eigenvalue weighted by Gasteiger charge is 2.31. The van der Waals surface area contributed by atoms with Gasteiger partial charge in [0, 0.05) is 25.6 Å². The van der Waals surface area contributed by atoms with E-state index in [0.717, 1.165) is 24.9 Å². The SMILES string of the molecule is CCn1nc(C)nc1N1CC[C@@H](Oc2ccc(OC)c(OC)c2)[C@H](O)C1. The van der Waals surface area contributed by atoms with Gasteiger partial charge in [0.15, 0.2) is 11.5 Å². The van der Waals surface area contributed by atoms with E-state index in [1.807, 2.05) is 24.6 Å². The van der Waals surface area contributed by atoms with E-state index in [2.05, 4.69) is 15.0 Å². The third-order valence-corrected chi connectivity index (χ3v) is 4.50. The van der Waals surface area contributed by atoms with Crippen molar-refractivity contribution in [3.05, 3.63) is 24.0 Å². The lowest BCUT2D eigenvalue weighted by Gasteiger charge is -2.36. The predicted octanol–water partition coefficient (Wildman–Crippen LogP) is 1.64. The highest BCUT2D eigenvalue weighted by Crippen LogP contribution is 2.32. The van der Waals surface area contributed by atoms with Crippen LogP contribution in [0.4, 0.5) is 5.95 Å². The summed E-state index contributed by atoms with van der Waals surface area (Å²) >= 11 is 0. The number of rotatable bonds is 6. The Morgan fingerprint density at radius 3 is 2.65 bits per heavy atom. The van der Waals surface area contributed by atoms with Crippen LogP contribution in [0, 0.1) is 6.92 Å². The van der Waals surface area contributed by atoms with Crippen LogP contribution in [-0.4, -0.2) is 59.4 Å². The number of aromatic nitrogens is 3. The van der Waals surface area contributed by atoms with Gasteiger partial charge in [0.2, 0.25) is 5.95 Å². The molecule has 1 aromatic heterocycles. The molecule has 8 nitrogen and oxygen atoms in total. The van der Waals surface area contributed by atoms with Crippen molar-refractivity contribution in [2.45, 2.75) is 39.0 Å². The van der Waals surface area contributed by atoms with E-state index in [-0.39, 0.29) is 6.10 Å². The van der Waals surface area contributed by atoms with Gasteiger partial charge in [-0.15, -0.1) is 0 Å². The number of anilines is 1. The number of aryl methyl sites for hydroxylation is 2. The van der Waals surface area contributed by atoms with E-state index >= 15 is 0 Å². The average molecular weight is 362 g/mol. The Bertz CT molecular complexity index is 749. The molecule has 0 spiro atoms. The van der Waals surface area contributed by atoms with Gasteiger partial charge in [0.1, 0.15) is 23.8 Å². The third kappa shape index (κ3) is 3.70. The molecule has 1 fully saturated rings. The van der Waals surface area contributed by atoms with Crippen molar-refractivity contribution in [2.75, 3.05) is 32.2 Å². The van der Waals surface area contributed by atoms with Gasteiger partial charge in [-0.05, 0) is 26.0 Å². The van der Waals surface area contributed by atoms with Crippen LogP contribution in [0.1, 0.15) is 19.2 Å². The molecule has 1 saturated heterocycles. The van der Waals surface area contributed by atoms with Crippen molar-refractivity contribution in [1.29, 1.82) is 0 Å². The van der Waals surface area contributed by atoms with Crippen LogP contribution < -0.4 is 19.1 Å². The monoisotopic (exact) mass is 362 g/mol. The fraction of sp³-hybridized carbons (Fsp3) is 0.556. The second kappa shape index (κ2) is 7.82. The standard InChI is InChI=1S/C18H26N4O4/c1-5-22-18(19-12(2)20-22)21-9-8-15(14(23)11-21)26-13-6-7-16(24-3)17(10-13)25-4/h6-7,10,14-15,23H,5,8-9,11H2,1-4H3/t14-,15-/m1/s1. The third-order valence-electron chi connectivity index (χ3n) is 4.50. The normalized spacial score (nSPS) is 20.1. The molecule has 0 saturated carbocycles. The van der Waals surface area contributed by atoms with Gasteiger partial charge in [0.25, 0.3) is 0 Å². The predicted molar refractivity (Wildman–Crippen MR) is 97.2 cm³/mol. The fourth-order valence-corrected chi connectivity index (χ4v) is 3.18. The largest absolute Gasteiger partial charge is 0.493 e. The summed E-state index contributed by atoms with van der Waals surface area (Å²) in [6.45, 7) is 5.84. The molecule has 8 heteroatoms. The second-order valence-electron chi connectivity index (χ2n) is 6.25. The van der Waals surface area contributed by atoms with E-state index in [9.17, 15) is 5.11 Å². The van der Waals surface area contributed by atoms with Crippen molar-refractivity contribution in [2.24, 2.45) is 0 Å².